The Morgan fingerprint density at radius 3 is 2.92 bits per heavy atom. The number of morpholine rings is 1. The van der Waals surface area contributed by atoms with Crippen molar-refractivity contribution in [3.8, 4) is 11.3 Å². The standard InChI is InChI=1S/C19H17N5O2/c1-11-22-15-8-12(2-5-18(15)26-11)13-3-4-14-19(23-13)24-16(9-21-14)17-10-25-7-6-20-17/h2-5,8-9,17,20H,6-7,10H2,1H3. The molecule has 1 atom stereocenters. The number of rotatable bonds is 2. The largest absolute Gasteiger partial charge is 0.441 e. The Morgan fingerprint density at radius 1 is 1.08 bits per heavy atom. The third kappa shape index (κ3) is 2.71. The van der Waals surface area contributed by atoms with Crippen LogP contribution in [0.15, 0.2) is 40.9 Å². The van der Waals surface area contributed by atoms with E-state index in [9.17, 15) is 0 Å². The van der Waals surface area contributed by atoms with Crippen molar-refractivity contribution in [3.05, 3.63) is 48.1 Å². The zero-order chi connectivity index (χ0) is 17.5. The summed E-state index contributed by atoms with van der Waals surface area (Å²) in [5.74, 6) is 0.654. The molecule has 1 saturated heterocycles. The van der Waals surface area contributed by atoms with Crippen LogP contribution in [0.1, 0.15) is 17.6 Å². The van der Waals surface area contributed by atoms with Crippen LogP contribution < -0.4 is 5.32 Å². The molecule has 0 amide bonds. The van der Waals surface area contributed by atoms with Crippen LogP contribution in [0.5, 0.6) is 0 Å². The highest BCUT2D eigenvalue weighted by molar-refractivity contribution is 5.81. The third-order valence-corrected chi connectivity index (χ3v) is 4.49. The van der Waals surface area contributed by atoms with Crippen LogP contribution >= 0.6 is 0 Å². The summed E-state index contributed by atoms with van der Waals surface area (Å²) in [7, 11) is 0. The van der Waals surface area contributed by atoms with Gasteiger partial charge in [0.15, 0.2) is 17.1 Å². The van der Waals surface area contributed by atoms with Crippen LogP contribution in [0.4, 0.5) is 0 Å². The maximum absolute atomic E-state index is 5.54. The van der Waals surface area contributed by atoms with Gasteiger partial charge in [-0.05, 0) is 30.3 Å². The highest BCUT2D eigenvalue weighted by Crippen LogP contribution is 2.25. The lowest BCUT2D eigenvalue weighted by Crippen LogP contribution is -2.35. The fourth-order valence-electron chi connectivity index (χ4n) is 3.20. The average Bonchev–Trinajstić information content (AvgIpc) is 3.07. The molecule has 4 aromatic rings. The molecule has 1 aliphatic rings. The number of benzene rings is 1. The van der Waals surface area contributed by atoms with Crippen LogP contribution in [0.2, 0.25) is 0 Å². The summed E-state index contributed by atoms with van der Waals surface area (Å²) in [4.78, 5) is 18.3. The minimum Gasteiger partial charge on any atom is -0.441 e. The number of nitrogens with zero attached hydrogens (tertiary/aromatic N) is 4. The van der Waals surface area contributed by atoms with E-state index in [0.717, 1.165) is 46.7 Å². The molecule has 7 heteroatoms. The molecule has 0 spiro atoms. The van der Waals surface area contributed by atoms with Crippen LogP contribution in [0.3, 0.4) is 0 Å². The number of oxazole rings is 1. The maximum Gasteiger partial charge on any atom is 0.192 e. The van der Waals surface area contributed by atoms with Gasteiger partial charge in [0.2, 0.25) is 0 Å². The molecule has 1 aromatic carbocycles. The summed E-state index contributed by atoms with van der Waals surface area (Å²) < 4.78 is 11.1. The van der Waals surface area contributed by atoms with Gasteiger partial charge >= 0.3 is 0 Å². The van der Waals surface area contributed by atoms with Gasteiger partial charge in [-0.2, -0.15) is 0 Å². The molecule has 0 radical (unpaired) electrons. The predicted octanol–water partition coefficient (Wildman–Crippen LogP) is 2.80. The molecule has 3 aromatic heterocycles. The van der Waals surface area contributed by atoms with Crippen LogP contribution in [0.25, 0.3) is 33.5 Å². The normalized spacial score (nSPS) is 17.8. The first-order valence-electron chi connectivity index (χ1n) is 8.59. The Kier molecular flexibility index (Phi) is 3.62. The summed E-state index contributed by atoms with van der Waals surface area (Å²) >= 11 is 0. The predicted molar refractivity (Wildman–Crippen MR) is 96.6 cm³/mol. The van der Waals surface area contributed by atoms with E-state index in [1.807, 2.05) is 37.3 Å². The van der Waals surface area contributed by atoms with Crippen molar-refractivity contribution in [2.75, 3.05) is 19.8 Å². The lowest BCUT2D eigenvalue weighted by atomic mass is 10.1. The molecule has 1 N–H and O–H groups in total. The molecule has 1 fully saturated rings. The van der Waals surface area contributed by atoms with Crippen molar-refractivity contribution >= 4 is 22.3 Å². The van der Waals surface area contributed by atoms with Gasteiger partial charge in [-0.15, -0.1) is 0 Å². The van der Waals surface area contributed by atoms with Crippen LogP contribution in [0, 0.1) is 6.92 Å². The molecule has 7 nitrogen and oxygen atoms in total. The van der Waals surface area contributed by atoms with E-state index in [1.165, 1.54) is 0 Å². The average molecular weight is 347 g/mol. The first kappa shape index (κ1) is 15.4. The number of hydrogen-bond acceptors (Lipinski definition) is 7. The summed E-state index contributed by atoms with van der Waals surface area (Å²) in [5.41, 5.74) is 5.65. The molecule has 4 heterocycles. The molecule has 5 rings (SSSR count). The van der Waals surface area contributed by atoms with Crippen molar-refractivity contribution in [3.63, 3.8) is 0 Å². The van der Waals surface area contributed by atoms with Gasteiger partial charge in [0.1, 0.15) is 11.0 Å². The third-order valence-electron chi connectivity index (χ3n) is 4.49. The second kappa shape index (κ2) is 6.12. The zero-order valence-corrected chi connectivity index (χ0v) is 14.3. The molecule has 130 valence electrons. The zero-order valence-electron chi connectivity index (χ0n) is 14.3. The molecule has 1 aliphatic heterocycles. The molecule has 26 heavy (non-hydrogen) atoms. The number of hydrogen-bond donors (Lipinski definition) is 1. The number of fused-ring (bicyclic) bond motifs is 2. The highest BCUT2D eigenvalue weighted by atomic mass is 16.5. The molecule has 0 saturated carbocycles. The van der Waals surface area contributed by atoms with Gasteiger partial charge in [-0.25, -0.2) is 15.0 Å². The molecular weight excluding hydrogens is 330 g/mol. The van der Waals surface area contributed by atoms with Crippen molar-refractivity contribution in [2.24, 2.45) is 0 Å². The second-order valence-corrected chi connectivity index (χ2v) is 6.33. The SMILES string of the molecule is Cc1nc2cc(-c3ccc4ncc(C5COCCN5)nc4n3)ccc2o1. The van der Waals surface area contributed by atoms with Gasteiger partial charge < -0.3 is 14.5 Å². The number of pyridine rings is 1. The Morgan fingerprint density at radius 2 is 2.04 bits per heavy atom. The van der Waals surface area contributed by atoms with E-state index in [1.54, 1.807) is 6.20 Å². The lowest BCUT2D eigenvalue weighted by molar-refractivity contribution is 0.0756. The second-order valence-electron chi connectivity index (χ2n) is 6.33. The molecule has 0 aliphatic carbocycles. The number of nitrogens with one attached hydrogen (secondary N) is 1. The minimum atomic E-state index is 0.0561. The van der Waals surface area contributed by atoms with Gasteiger partial charge in [0, 0.05) is 19.0 Å². The Balaban J connectivity index is 1.56. The van der Waals surface area contributed by atoms with Crippen LogP contribution in [-0.4, -0.2) is 39.7 Å². The van der Waals surface area contributed by atoms with Crippen molar-refractivity contribution in [1.29, 1.82) is 0 Å². The summed E-state index contributed by atoms with van der Waals surface area (Å²) in [6.45, 7) is 3.98. The summed E-state index contributed by atoms with van der Waals surface area (Å²) in [6.07, 6.45) is 1.79. The van der Waals surface area contributed by atoms with E-state index in [2.05, 4.69) is 15.3 Å². The first-order chi connectivity index (χ1) is 12.8. The summed E-state index contributed by atoms with van der Waals surface area (Å²) in [6, 6.07) is 9.83. The quantitative estimate of drug-likeness (QED) is 0.597. The van der Waals surface area contributed by atoms with Gasteiger partial charge in [-0.3, -0.25) is 4.98 Å². The maximum atomic E-state index is 5.54. The number of aryl methyl sites for hydroxylation is 1. The van der Waals surface area contributed by atoms with Crippen LogP contribution in [-0.2, 0) is 4.74 Å². The Hall–Kier alpha value is -2.90. The number of ether oxygens (including phenoxy) is 1. The van der Waals surface area contributed by atoms with E-state index in [-0.39, 0.29) is 6.04 Å². The topological polar surface area (TPSA) is 86.0 Å². The smallest absolute Gasteiger partial charge is 0.192 e. The van der Waals surface area contributed by atoms with E-state index >= 15 is 0 Å². The van der Waals surface area contributed by atoms with Crippen molar-refractivity contribution in [2.45, 2.75) is 13.0 Å². The minimum absolute atomic E-state index is 0.0561. The van der Waals surface area contributed by atoms with E-state index < -0.39 is 0 Å². The van der Waals surface area contributed by atoms with Crippen molar-refractivity contribution in [1.82, 2.24) is 25.3 Å². The highest BCUT2D eigenvalue weighted by Gasteiger charge is 2.18. The summed E-state index contributed by atoms with van der Waals surface area (Å²) in [5, 5.41) is 3.39. The molecule has 0 bridgehead atoms. The number of aromatic nitrogens is 4. The van der Waals surface area contributed by atoms with E-state index in [0.29, 0.717) is 18.1 Å². The molecule has 1 unspecified atom stereocenters. The fourth-order valence-corrected chi connectivity index (χ4v) is 3.20. The van der Waals surface area contributed by atoms with Gasteiger partial charge in [-0.1, -0.05) is 0 Å². The van der Waals surface area contributed by atoms with E-state index in [4.69, 9.17) is 19.1 Å². The van der Waals surface area contributed by atoms with Gasteiger partial charge in [0.05, 0.1) is 36.8 Å². The van der Waals surface area contributed by atoms with Gasteiger partial charge in [0.25, 0.3) is 0 Å². The fraction of sp³-hybridized carbons (Fsp3) is 0.263. The monoisotopic (exact) mass is 347 g/mol. The molecular formula is C19H17N5O2. The Bertz CT molecular complexity index is 1100. The Labute approximate surface area is 149 Å². The first-order valence-corrected chi connectivity index (χ1v) is 8.59. The lowest BCUT2D eigenvalue weighted by Gasteiger charge is -2.23. The van der Waals surface area contributed by atoms with Crippen molar-refractivity contribution < 1.29 is 9.15 Å².